The van der Waals surface area contributed by atoms with Crippen LogP contribution in [0, 0.1) is 17.8 Å². The Balaban J connectivity index is 1.64. The number of fused-ring (bicyclic) bond motifs is 1. The molecular formula is C12H18N2O3. The number of likely N-dealkylation sites (tertiary alicyclic amines) is 1. The van der Waals surface area contributed by atoms with Crippen LogP contribution in [0.1, 0.15) is 25.7 Å². The van der Waals surface area contributed by atoms with E-state index < -0.39 is 11.5 Å². The first kappa shape index (κ1) is 11.0. The Kier molecular flexibility index (Phi) is 2.23. The quantitative estimate of drug-likeness (QED) is 0.712. The molecule has 5 nitrogen and oxygen atoms in total. The number of carboxylic acids is 1. The largest absolute Gasteiger partial charge is 0.480 e. The molecule has 2 saturated carbocycles. The Morgan fingerprint density at radius 2 is 1.94 bits per heavy atom. The van der Waals surface area contributed by atoms with Crippen molar-refractivity contribution in [2.45, 2.75) is 31.2 Å². The third kappa shape index (κ3) is 1.56. The topological polar surface area (TPSA) is 83.6 Å². The van der Waals surface area contributed by atoms with Crippen LogP contribution >= 0.6 is 0 Å². The van der Waals surface area contributed by atoms with Gasteiger partial charge in [0.15, 0.2) is 0 Å². The van der Waals surface area contributed by atoms with Crippen LogP contribution in [0.5, 0.6) is 0 Å². The SMILES string of the molecule is NC1(C(=O)O)CCN(C(=O)C2C3CCCC32)C1. The van der Waals surface area contributed by atoms with Crippen molar-refractivity contribution in [1.82, 2.24) is 4.90 Å². The standard InChI is InChI=1S/C12H18N2O3/c13-12(11(16)17)4-5-14(6-12)10(15)9-7-2-1-3-8(7)9/h7-9H,1-6,13H2,(H,16,17). The van der Waals surface area contributed by atoms with Crippen LogP contribution in [0.15, 0.2) is 0 Å². The number of nitrogens with two attached hydrogens (primary N) is 1. The van der Waals surface area contributed by atoms with Gasteiger partial charge in [-0.2, -0.15) is 0 Å². The molecule has 0 aromatic carbocycles. The first-order valence-corrected chi connectivity index (χ1v) is 6.34. The molecule has 0 aromatic rings. The van der Waals surface area contributed by atoms with E-state index in [1.54, 1.807) is 4.90 Å². The first-order valence-electron chi connectivity index (χ1n) is 6.34. The number of carbonyl (C=O) groups is 2. The lowest BCUT2D eigenvalue weighted by Crippen LogP contribution is -2.50. The van der Waals surface area contributed by atoms with Crippen LogP contribution in [0.4, 0.5) is 0 Å². The molecule has 1 heterocycles. The molecule has 1 amide bonds. The van der Waals surface area contributed by atoms with Crippen molar-refractivity contribution in [2.24, 2.45) is 23.5 Å². The van der Waals surface area contributed by atoms with Gasteiger partial charge in [0.2, 0.25) is 5.91 Å². The first-order chi connectivity index (χ1) is 8.03. The van der Waals surface area contributed by atoms with Gasteiger partial charge in [-0.3, -0.25) is 9.59 Å². The van der Waals surface area contributed by atoms with E-state index in [1.807, 2.05) is 0 Å². The Morgan fingerprint density at radius 1 is 1.29 bits per heavy atom. The molecule has 3 aliphatic rings. The van der Waals surface area contributed by atoms with Gasteiger partial charge in [0.1, 0.15) is 5.54 Å². The molecule has 0 spiro atoms. The van der Waals surface area contributed by atoms with Crippen LogP contribution < -0.4 is 5.73 Å². The summed E-state index contributed by atoms with van der Waals surface area (Å²) in [5.41, 5.74) is 4.55. The maximum absolute atomic E-state index is 12.2. The maximum atomic E-state index is 12.2. The molecule has 0 radical (unpaired) electrons. The molecule has 0 bridgehead atoms. The Bertz CT molecular complexity index is 374. The van der Waals surface area contributed by atoms with Crippen LogP contribution in [0.3, 0.4) is 0 Å². The summed E-state index contributed by atoms with van der Waals surface area (Å²) in [6, 6.07) is 0. The highest BCUT2D eigenvalue weighted by Crippen LogP contribution is 2.58. The molecule has 1 aliphatic heterocycles. The van der Waals surface area contributed by atoms with Gasteiger partial charge in [0.05, 0.1) is 0 Å². The number of hydrogen-bond acceptors (Lipinski definition) is 3. The van der Waals surface area contributed by atoms with E-state index in [0.717, 1.165) is 0 Å². The molecule has 3 unspecified atom stereocenters. The van der Waals surface area contributed by atoms with Crippen LogP contribution in [-0.2, 0) is 9.59 Å². The van der Waals surface area contributed by atoms with E-state index in [-0.39, 0.29) is 18.4 Å². The van der Waals surface area contributed by atoms with Crippen LogP contribution in [0.2, 0.25) is 0 Å². The summed E-state index contributed by atoms with van der Waals surface area (Å²) in [6.07, 6.45) is 3.95. The predicted octanol–water partition coefficient (Wildman–Crippen LogP) is 0.0469. The van der Waals surface area contributed by atoms with Crippen molar-refractivity contribution in [3.05, 3.63) is 0 Å². The highest BCUT2D eigenvalue weighted by molar-refractivity contribution is 5.86. The second kappa shape index (κ2) is 3.45. The van der Waals surface area contributed by atoms with E-state index in [9.17, 15) is 9.59 Å². The monoisotopic (exact) mass is 238 g/mol. The summed E-state index contributed by atoms with van der Waals surface area (Å²) < 4.78 is 0. The molecule has 94 valence electrons. The molecule has 3 atom stereocenters. The average molecular weight is 238 g/mol. The smallest absolute Gasteiger partial charge is 0.325 e. The molecule has 1 saturated heterocycles. The second-order valence-electron chi connectivity index (χ2n) is 5.76. The summed E-state index contributed by atoms with van der Waals surface area (Å²) >= 11 is 0. The molecule has 3 rings (SSSR count). The van der Waals surface area contributed by atoms with Crippen molar-refractivity contribution in [2.75, 3.05) is 13.1 Å². The summed E-state index contributed by atoms with van der Waals surface area (Å²) in [5, 5.41) is 9.02. The Labute approximate surface area is 100.0 Å². The highest BCUT2D eigenvalue weighted by atomic mass is 16.4. The minimum absolute atomic E-state index is 0.147. The zero-order valence-electron chi connectivity index (χ0n) is 9.76. The predicted molar refractivity (Wildman–Crippen MR) is 60.1 cm³/mol. The summed E-state index contributed by atoms with van der Waals surface area (Å²) in [4.78, 5) is 24.9. The number of carbonyl (C=O) groups excluding carboxylic acids is 1. The third-order valence-electron chi connectivity index (χ3n) is 4.73. The van der Waals surface area contributed by atoms with E-state index >= 15 is 0 Å². The molecular weight excluding hydrogens is 220 g/mol. The van der Waals surface area contributed by atoms with Gasteiger partial charge < -0.3 is 15.7 Å². The van der Waals surface area contributed by atoms with Crippen molar-refractivity contribution >= 4 is 11.9 Å². The molecule has 2 aliphatic carbocycles. The number of carboxylic acid groups (broad SMARTS) is 1. The molecule has 5 heteroatoms. The van der Waals surface area contributed by atoms with E-state index in [4.69, 9.17) is 10.8 Å². The molecule has 0 aromatic heterocycles. The van der Waals surface area contributed by atoms with Gasteiger partial charge in [-0.15, -0.1) is 0 Å². The second-order valence-corrected chi connectivity index (χ2v) is 5.76. The van der Waals surface area contributed by atoms with Gasteiger partial charge in [-0.25, -0.2) is 0 Å². The van der Waals surface area contributed by atoms with Crippen LogP contribution in [0.25, 0.3) is 0 Å². The summed E-state index contributed by atoms with van der Waals surface area (Å²) in [7, 11) is 0. The minimum atomic E-state index is -1.22. The zero-order chi connectivity index (χ0) is 12.2. The zero-order valence-corrected chi connectivity index (χ0v) is 9.76. The van der Waals surface area contributed by atoms with Crippen molar-refractivity contribution < 1.29 is 14.7 Å². The maximum Gasteiger partial charge on any atom is 0.325 e. The molecule has 3 N–H and O–H groups in total. The number of aliphatic carboxylic acids is 1. The van der Waals surface area contributed by atoms with Gasteiger partial charge >= 0.3 is 5.97 Å². The summed E-state index contributed by atoms with van der Waals surface area (Å²) in [6.45, 7) is 0.675. The van der Waals surface area contributed by atoms with Gasteiger partial charge in [0.25, 0.3) is 0 Å². The van der Waals surface area contributed by atoms with E-state index in [1.165, 1.54) is 19.3 Å². The fraction of sp³-hybridized carbons (Fsp3) is 0.833. The number of rotatable bonds is 2. The Morgan fingerprint density at radius 3 is 2.47 bits per heavy atom. The minimum Gasteiger partial charge on any atom is -0.480 e. The Hall–Kier alpha value is -1.10. The molecule has 3 fully saturated rings. The van der Waals surface area contributed by atoms with Crippen molar-refractivity contribution in [3.8, 4) is 0 Å². The van der Waals surface area contributed by atoms with Crippen LogP contribution in [-0.4, -0.2) is 40.5 Å². The summed E-state index contributed by atoms with van der Waals surface area (Å²) in [5.74, 6) is 0.497. The lowest BCUT2D eigenvalue weighted by Gasteiger charge is -2.20. The fourth-order valence-electron chi connectivity index (χ4n) is 3.59. The van der Waals surface area contributed by atoms with E-state index in [0.29, 0.717) is 24.8 Å². The lowest BCUT2D eigenvalue weighted by molar-refractivity contribution is -0.143. The van der Waals surface area contributed by atoms with Gasteiger partial charge in [0, 0.05) is 19.0 Å². The number of amides is 1. The average Bonchev–Trinajstić information content (AvgIpc) is 2.69. The van der Waals surface area contributed by atoms with Crippen molar-refractivity contribution in [3.63, 3.8) is 0 Å². The van der Waals surface area contributed by atoms with E-state index in [2.05, 4.69) is 0 Å². The normalized spacial score (nSPS) is 43.6. The number of nitrogens with zero attached hydrogens (tertiary/aromatic N) is 1. The lowest BCUT2D eigenvalue weighted by atomic mass is 10.0. The fourth-order valence-corrected chi connectivity index (χ4v) is 3.59. The third-order valence-corrected chi connectivity index (χ3v) is 4.73. The highest BCUT2D eigenvalue weighted by Gasteiger charge is 2.58. The van der Waals surface area contributed by atoms with Crippen molar-refractivity contribution in [1.29, 1.82) is 0 Å². The van der Waals surface area contributed by atoms with Gasteiger partial charge in [-0.1, -0.05) is 6.42 Å². The number of hydrogen-bond donors (Lipinski definition) is 2. The molecule has 17 heavy (non-hydrogen) atoms. The van der Waals surface area contributed by atoms with Gasteiger partial charge in [-0.05, 0) is 31.1 Å².